The summed E-state index contributed by atoms with van der Waals surface area (Å²) in [6.07, 6.45) is 3.56. The van der Waals surface area contributed by atoms with Crippen LogP contribution in [0.3, 0.4) is 0 Å². The number of ether oxygens (including phenoxy) is 2. The summed E-state index contributed by atoms with van der Waals surface area (Å²) in [5.41, 5.74) is 0. The third-order valence-corrected chi connectivity index (χ3v) is 6.24. The molecule has 4 aliphatic heterocycles. The lowest BCUT2D eigenvalue weighted by Gasteiger charge is -2.32. The van der Waals surface area contributed by atoms with E-state index in [9.17, 15) is 0 Å². The van der Waals surface area contributed by atoms with E-state index < -0.39 is 0 Å². The van der Waals surface area contributed by atoms with Crippen molar-refractivity contribution in [2.45, 2.75) is 44.9 Å². The number of hydrogen-bond donors (Lipinski definition) is 1. The van der Waals surface area contributed by atoms with Crippen molar-refractivity contribution in [3.05, 3.63) is 0 Å². The van der Waals surface area contributed by atoms with Gasteiger partial charge in [0.25, 0.3) is 0 Å². The van der Waals surface area contributed by atoms with Gasteiger partial charge < -0.3 is 19.7 Å². The average molecular weight is 336 g/mol. The summed E-state index contributed by atoms with van der Waals surface area (Å²) in [6.45, 7) is 12.2. The van der Waals surface area contributed by atoms with E-state index in [0.717, 1.165) is 70.3 Å². The van der Waals surface area contributed by atoms with Gasteiger partial charge in [-0.3, -0.25) is 9.89 Å². The van der Waals surface area contributed by atoms with E-state index in [4.69, 9.17) is 14.5 Å². The van der Waals surface area contributed by atoms with Crippen molar-refractivity contribution in [1.82, 2.24) is 15.1 Å². The molecule has 0 aromatic heterocycles. The molecule has 0 amide bonds. The molecule has 0 aromatic carbocycles. The number of morpholine rings is 1. The Bertz CT molecular complexity index is 454. The Balaban J connectivity index is 1.34. The smallest absolute Gasteiger partial charge is 0.193 e. The standard InChI is InChI=1S/C18H32N4O2/c1-3-19-18(20-6-7-21-8-9-23-12-13(21)2)22-10-14-15(11-22)17-5-4-16(14)24-17/h13-17H,3-12H2,1-2H3,(H,19,20). The van der Waals surface area contributed by atoms with Crippen LogP contribution in [-0.2, 0) is 9.47 Å². The fourth-order valence-corrected chi connectivity index (χ4v) is 4.94. The molecule has 136 valence electrons. The maximum atomic E-state index is 6.09. The Kier molecular flexibility index (Phi) is 4.97. The van der Waals surface area contributed by atoms with Crippen molar-refractivity contribution in [3.63, 3.8) is 0 Å². The van der Waals surface area contributed by atoms with Crippen LogP contribution < -0.4 is 5.32 Å². The maximum absolute atomic E-state index is 6.09. The first-order valence-electron chi connectivity index (χ1n) is 9.76. The number of aliphatic imine (C=N–C) groups is 1. The highest BCUT2D eigenvalue weighted by molar-refractivity contribution is 5.80. The van der Waals surface area contributed by atoms with E-state index in [0.29, 0.717) is 18.2 Å². The van der Waals surface area contributed by atoms with Gasteiger partial charge in [0.15, 0.2) is 5.96 Å². The quantitative estimate of drug-likeness (QED) is 0.607. The molecule has 4 fully saturated rings. The lowest BCUT2D eigenvalue weighted by atomic mass is 9.82. The minimum absolute atomic E-state index is 0.510. The van der Waals surface area contributed by atoms with Gasteiger partial charge in [-0.1, -0.05) is 0 Å². The molecule has 0 radical (unpaired) electrons. The lowest BCUT2D eigenvalue weighted by Crippen LogP contribution is -2.45. The van der Waals surface area contributed by atoms with Crippen LogP contribution >= 0.6 is 0 Å². The van der Waals surface area contributed by atoms with Crippen molar-refractivity contribution in [2.75, 3.05) is 52.5 Å². The third-order valence-electron chi connectivity index (χ3n) is 6.24. The molecule has 0 aromatic rings. The molecule has 4 aliphatic rings. The van der Waals surface area contributed by atoms with Crippen molar-refractivity contribution in [3.8, 4) is 0 Å². The topological polar surface area (TPSA) is 49.3 Å². The maximum Gasteiger partial charge on any atom is 0.193 e. The molecule has 5 atom stereocenters. The van der Waals surface area contributed by atoms with Gasteiger partial charge in [0, 0.05) is 50.6 Å². The number of nitrogens with zero attached hydrogens (tertiary/aromatic N) is 3. The summed E-state index contributed by atoms with van der Waals surface area (Å²) in [5, 5.41) is 3.50. The van der Waals surface area contributed by atoms with Gasteiger partial charge in [-0.2, -0.15) is 0 Å². The molecule has 4 saturated heterocycles. The Morgan fingerprint density at radius 1 is 1.21 bits per heavy atom. The molecular weight excluding hydrogens is 304 g/mol. The van der Waals surface area contributed by atoms with Crippen molar-refractivity contribution < 1.29 is 9.47 Å². The van der Waals surface area contributed by atoms with Crippen LogP contribution in [0.25, 0.3) is 0 Å². The van der Waals surface area contributed by atoms with Crippen LogP contribution in [0.15, 0.2) is 4.99 Å². The highest BCUT2D eigenvalue weighted by atomic mass is 16.5. The van der Waals surface area contributed by atoms with Crippen LogP contribution in [0.4, 0.5) is 0 Å². The molecule has 6 heteroatoms. The molecule has 5 unspecified atom stereocenters. The Morgan fingerprint density at radius 3 is 2.62 bits per heavy atom. The second kappa shape index (κ2) is 7.18. The molecule has 4 rings (SSSR count). The van der Waals surface area contributed by atoms with E-state index in [1.165, 1.54) is 12.8 Å². The van der Waals surface area contributed by atoms with Gasteiger partial charge in [-0.15, -0.1) is 0 Å². The average Bonchev–Trinajstić information content (AvgIpc) is 3.28. The number of rotatable bonds is 4. The first-order valence-corrected chi connectivity index (χ1v) is 9.76. The number of guanidine groups is 1. The predicted molar refractivity (Wildman–Crippen MR) is 94.3 cm³/mol. The summed E-state index contributed by atoms with van der Waals surface area (Å²) < 4.78 is 11.6. The number of fused-ring (bicyclic) bond motifs is 5. The summed E-state index contributed by atoms with van der Waals surface area (Å²) in [4.78, 5) is 9.90. The third kappa shape index (κ3) is 3.16. The summed E-state index contributed by atoms with van der Waals surface area (Å²) in [6, 6.07) is 0.510. The normalized spacial score (nSPS) is 39.5. The summed E-state index contributed by atoms with van der Waals surface area (Å²) in [5.74, 6) is 2.56. The molecule has 1 N–H and O–H groups in total. The van der Waals surface area contributed by atoms with E-state index in [1.54, 1.807) is 0 Å². The van der Waals surface area contributed by atoms with Gasteiger partial charge in [0.05, 0.1) is 32.0 Å². The minimum atomic E-state index is 0.510. The first-order chi connectivity index (χ1) is 11.8. The Hall–Kier alpha value is -0.850. The van der Waals surface area contributed by atoms with Crippen LogP contribution in [-0.4, -0.2) is 86.5 Å². The fourth-order valence-electron chi connectivity index (χ4n) is 4.94. The van der Waals surface area contributed by atoms with Crippen molar-refractivity contribution in [2.24, 2.45) is 16.8 Å². The van der Waals surface area contributed by atoms with Gasteiger partial charge in [0.1, 0.15) is 0 Å². The molecule has 24 heavy (non-hydrogen) atoms. The first kappa shape index (κ1) is 16.6. The van der Waals surface area contributed by atoms with Crippen molar-refractivity contribution >= 4 is 5.96 Å². The SMILES string of the molecule is CCNC(=NCCN1CCOCC1C)N1CC2C3CCC(O3)C2C1. The zero-order valence-electron chi connectivity index (χ0n) is 15.1. The van der Waals surface area contributed by atoms with E-state index in [1.807, 2.05) is 0 Å². The Labute approximate surface area is 145 Å². The minimum Gasteiger partial charge on any atom is -0.379 e. The van der Waals surface area contributed by atoms with Gasteiger partial charge in [0.2, 0.25) is 0 Å². The van der Waals surface area contributed by atoms with Gasteiger partial charge in [-0.05, 0) is 26.7 Å². The van der Waals surface area contributed by atoms with Crippen LogP contribution in [0.2, 0.25) is 0 Å². The molecule has 0 aliphatic carbocycles. The predicted octanol–water partition coefficient (Wildman–Crippen LogP) is 0.782. The number of likely N-dealkylation sites (tertiary alicyclic amines) is 1. The summed E-state index contributed by atoms with van der Waals surface area (Å²) in [7, 11) is 0. The number of hydrogen-bond acceptors (Lipinski definition) is 4. The molecule has 0 saturated carbocycles. The monoisotopic (exact) mass is 336 g/mol. The zero-order chi connectivity index (χ0) is 16.5. The largest absolute Gasteiger partial charge is 0.379 e. The summed E-state index contributed by atoms with van der Waals surface area (Å²) >= 11 is 0. The van der Waals surface area contributed by atoms with E-state index >= 15 is 0 Å². The fraction of sp³-hybridized carbons (Fsp3) is 0.944. The van der Waals surface area contributed by atoms with Crippen LogP contribution in [0, 0.1) is 11.8 Å². The Morgan fingerprint density at radius 2 is 1.96 bits per heavy atom. The zero-order valence-corrected chi connectivity index (χ0v) is 15.1. The molecule has 0 spiro atoms. The highest BCUT2D eigenvalue weighted by Crippen LogP contribution is 2.47. The van der Waals surface area contributed by atoms with Gasteiger partial charge in [-0.25, -0.2) is 0 Å². The van der Waals surface area contributed by atoms with Gasteiger partial charge >= 0.3 is 0 Å². The van der Waals surface area contributed by atoms with Crippen molar-refractivity contribution in [1.29, 1.82) is 0 Å². The second-order valence-electron chi connectivity index (χ2n) is 7.72. The van der Waals surface area contributed by atoms with E-state index in [2.05, 4.69) is 29.0 Å². The molecule has 6 nitrogen and oxygen atoms in total. The van der Waals surface area contributed by atoms with Crippen LogP contribution in [0.1, 0.15) is 26.7 Å². The molecular formula is C18H32N4O2. The van der Waals surface area contributed by atoms with E-state index in [-0.39, 0.29) is 0 Å². The second-order valence-corrected chi connectivity index (χ2v) is 7.72. The number of nitrogens with one attached hydrogen (secondary N) is 1. The molecule has 4 heterocycles. The lowest BCUT2D eigenvalue weighted by molar-refractivity contribution is 0.00139. The van der Waals surface area contributed by atoms with Crippen LogP contribution in [0.5, 0.6) is 0 Å². The molecule has 2 bridgehead atoms. The highest BCUT2D eigenvalue weighted by Gasteiger charge is 2.53.